The van der Waals surface area contributed by atoms with Crippen molar-refractivity contribution in [3.8, 4) is 5.75 Å². The summed E-state index contributed by atoms with van der Waals surface area (Å²) in [6.45, 7) is 0.546. The molecule has 3 nitrogen and oxygen atoms in total. The summed E-state index contributed by atoms with van der Waals surface area (Å²) in [5, 5.41) is 0. The molecule has 3 aromatic rings. The molecule has 2 unspecified atom stereocenters. The van der Waals surface area contributed by atoms with Gasteiger partial charge in [0.15, 0.2) is 5.78 Å². The molecule has 1 aliphatic carbocycles. The first-order chi connectivity index (χ1) is 12.7. The Kier molecular flexibility index (Phi) is 4.55. The van der Waals surface area contributed by atoms with Crippen LogP contribution < -0.4 is 10.5 Å². The van der Waals surface area contributed by atoms with Gasteiger partial charge in [0.2, 0.25) is 0 Å². The van der Waals surface area contributed by atoms with Crippen LogP contribution in [-0.4, -0.2) is 18.4 Å². The summed E-state index contributed by atoms with van der Waals surface area (Å²) in [6, 6.07) is 25.1. The van der Waals surface area contributed by atoms with Crippen molar-refractivity contribution in [2.45, 2.75) is 18.4 Å². The smallest absolute Gasteiger partial charge is 0.193 e. The van der Waals surface area contributed by atoms with Gasteiger partial charge < -0.3 is 10.5 Å². The lowest BCUT2D eigenvalue weighted by molar-refractivity contribution is 0.103. The van der Waals surface area contributed by atoms with E-state index in [1.807, 2.05) is 60.7 Å². The molecular weight excluding hydrogens is 322 g/mol. The van der Waals surface area contributed by atoms with E-state index in [1.165, 1.54) is 11.1 Å². The van der Waals surface area contributed by atoms with Crippen LogP contribution in [0.25, 0.3) is 0 Å². The summed E-state index contributed by atoms with van der Waals surface area (Å²) in [6.07, 6.45) is 0.898. The maximum absolute atomic E-state index is 12.4. The molecule has 130 valence electrons. The molecule has 0 saturated carbocycles. The van der Waals surface area contributed by atoms with Gasteiger partial charge in [0, 0.05) is 23.1 Å². The van der Waals surface area contributed by atoms with Crippen LogP contribution in [0.2, 0.25) is 0 Å². The highest BCUT2D eigenvalue weighted by molar-refractivity contribution is 6.08. The number of fused-ring (bicyclic) bond motifs is 1. The van der Waals surface area contributed by atoms with Crippen molar-refractivity contribution in [2.75, 3.05) is 6.61 Å². The molecule has 0 aromatic heterocycles. The molecule has 0 saturated heterocycles. The van der Waals surface area contributed by atoms with Crippen molar-refractivity contribution in [1.82, 2.24) is 0 Å². The van der Waals surface area contributed by atoms with Gasteiger partial charge in [-0.3, -0.25) is 4.79 Å². The first kappa shape index (κ1) is 16.6. The third-order valence-electron chi connectivity index (χ3n) is 5.01. The average Bonchev–Trinajstić information content (AvgIpc) is 3.02. The van der Waals surface area contributed by atoms with Crippen LogP contribution in [0, 0.1) is 0 Å². The molecule has 0 spiro atoms. The minimum absolute atomic E-state index is 0.0175. The van der Waals surface area contributed by atoms with Crippen LogP contribution in [0.1, 0.15) is 33.0 Å². The number of carbonyl (C=O) groups is 1. The first-order valence-corrected chi connectivity index (χ1v) is 8.88. The molecule has 0 radical (unpaired) electrons. The Labute approximate surface area is 153 Å². The van der Waals surface area contributed by atoms with Crippen LogP contribution in [0.5, 0.6) is 5.75 Å². The zero-order valence-corrected chi connectivity index (χ0v) is 14.5. The fraction of sp³-hybridized carbons (Fsp3) is 0.174. The highest BCUT2D eigenvalue weighted by Crippen LogP contribution is 2.32. The third kappa shape index (κ3) is 3.26. The largest absolute Gasteiger partial charge is 0.493 e. The molecular formula is C23H21NO2. The maximum Gasteiger partial charge on any atom is 0.193 e. The van der Waals surface area contributed by atoms with Gasteiger partial charge in [-0.2, -0.15) is 0 Å². The molecule has 26 heavy (non-hydrogen) atoms. The van der Waals surface area contributed by atoms with Crippen molar-refractivity contribution in [1.29, 1.82) is 0 Å². The van der Waals surface area contributed by atoms with Crippen molar-refractivity contribution in [3.05, 3.63) is 101 Å². The lowest BCUT2D eigenvalue weighted by Crippen LogP contribution is -2.28. The molecule has 3 aromatic carbocycles. The topological polar surface area (TPSA) is 52.3 Å². The zero-order valence-electron chi connectivity index (χ0n) is 14.5. The van der Waals surface area contributed by atoms with Crippen molar-refractivity contribution < 1.29 is 9.53 Å². The van der Waals surface area contributed by atoms with Gasteiger partial charge >= 0.3 is 0 Å². The molecule has 4 rings (SSSR count). The summed E-state index contributed by atoms with van der Waals surface area (Å²) >= 11 is 0. The monoisotopic (exact) mass is 343 g/mol. The Morgan fingerprint density at radius 2 is 1.54 bits per heavy atom. The lowest BCUT2D eigenvalue weighted by atomic mass is 10.00. The molecule has 0 aliphatic heterocycles. The van der Waals surface area contributed by atoms with Crippen molar-refractivity contribution in [2.24, 2.45) is 5.73 Å². The molecule has 2 atom stereocenters. The van der Waals surface area contributed by atoms with Gasteiger partial charge in [0.05, 0.1) is 6.61 Å². The zero-order chi connectivity index (χ0) is 17.9. The van der Waals surface area contributed by atoms with Gasteiger partial charge in [0.1, 0.15) is 5.75 Å². The number of ether oxygens (including phenoxy) is 1. The minimum Gasteiger partial charge on any atom is -0.493 e. The van der Waals surface area contributed by atoms with E-state index in [4.69, 9.17) is 10.5 Å². The van der Waals surface area contributed by atoms with E-state index in [-0.39, 0.29) is 17.7 Å². The van der Waals surface area contributed by atoms with Crippen molar-refractivity contribution in [3.63, 3.8) is 0 Å². The Hall–Kier alpha value is -2.91. The molecule has 3 heteroatoms. The molecule has 1 aliphatic rings. The molecule has 0 fully saturated rings. The van der Waals surface area contributed by atoms with E-state index in [0.29, 0.717) is 17.7 Å². The van der Waals surface area contributed by atoms with E-state index in [1.54, 1.807) is 0 Å². The number of carbonyl (C=O) groups excluding carboxylic acids is 1. The lowest BCUT2D eigenvalue weighted by Gasteiger charge is -2.17. The van der Waals surface area contributed by atoms with E-state index in [9.17, 15) is 4.79 Å². The summed E-state index contributed by atoms with van der Waals surface area (Å²) in [5.74, 6) is 0.979. The van der Waals surface area contributed by atoms with Gasteiger partial charge in [-0.25, -0.2) is 0 Å². The van der Waals surface area contributed by atoms with Gasteiger partial charge in [-0.15, -0.1) is 0 Å². The average molecular weight is 343 g/mol. The Bertz CT molecular complexity index is 903. The fourth-order valence-corrected chi connectivity index (χ4v) is 3.57. The Balaban J connectivity index is 1.43. The predicted octanol–water partition coefficient (Wildman–Crippen LogP) is 3.96. The highest BCUT2D eigenvalue weighted by Gasteiger charge is 2.29. The van der Waals surface area contributed by atoms with E-state index < -0.39 is 0 Å². The van der Waals surface area contributed by atoms with Gasteiger partial charge in [-0.1, -0.05) is 54.6 Å². The summed E-state index contributed by atoms with van der Waals surface area (Å²) in [5.41, 5.74) is 10.3. The number of nitrogens with two attached hydrogens (primary N) is 1. The number of ketones is 1. The molecule has 2 N–H and O–H groups in total. The number of benzene rings is 3. The van der Waals surface area contributed by atoms with E-state index >= 15 is 0 Å². The molecule has 0 heterocycles. The summed E-state index contributed by atoms with van der Waals surface area (Å²) in [4.78, 5) is 12.4. The quantitative estimate of drug-likeness (QED) is 0.713. The molecule has 0 bridgehead atoms. The summed E-state index contributed by atoms with van der Waals surface area (Å²) in [7, 11) is 0. The van der Waals surface area contributed by atoms with Crippen LogP contribution in [0.4, 0.5) is 0 Å². The van der Waals surface area contributed by atoms with Gasteiger partial charge in [0.25, 0.3) is 0 Å². The third-order valence-corrected chi connectivity index (χ3v) is 5.01. The summed E-state index contributed by atoms with van der Waals surface area (Å²) < 4.78 is 5.97. The minimum atomic E-state index is 0.0175. The number of rotatable bonds is 5. The number of hydrogen-bond donors (Lipinski definition) is 1. The predicted molar refractivity (Wildman–Crippen MR) is 103 cm³/mol. The Morgan fingerprint density at radius 3 is 2.31 bits per heavy atom. The van der Waals surface area contributed by atoms with E-state index in [0.717, 1.165) is 12.2 Å². The van der Waals surface area contributed by atoms with Crippen LogP contribution >= 0.6 is 0 Å². The SMILES string of the molecule is NC1Cc2ccccc2C1COc1ccc(C(=O)c2ccccc2)cc1. The van der Waals surface area contributed by atoms with Gasteiger partial charge in [-0.05, 0) is 41.8 Å². The van der Waals surface area contributed by atoms with Crippen molar-refractivity contribution >= 4 is 5.78 Å². The second kappa shape index (κ2) is 7.14. The highest BCUT2D eigenvalue weighted by atomic mass is 16.5. The fourth-order valence-electron chi connectivity index (χ4n) is 3.57. The second-order valence-corrected chi connectivity index (χ2v) is 6.70. The number of hydrogen-bond acceptors (Lipinski definition) is 3. The second-order valence-electron chi connectivity index (χ2n) is 6.70. The standard InChI is InChI=1S/C23H21NO2/c24-22-14-18-8-4-5-9-20(18)21(22)15-26-19-12-10-17(11-13-19)23(25)16-6-2-1-3-7-16/h1-13,21-22H,14-15,24H2. The van der Waals surface area contributed by atoms with Crippen LogP contribution in [0.3, 0.4) is 0 Å². The van der Waals surface area contributed by atoms with Crippen LogP contribution in [0.15, 0.2) is 78.9 Å². The van der Waals surface area contributed by atoms with E-state index in [2.05, 4.69) is 18.2 Å². The molecule has 0 amide bonds. The van der Waals surface area contributed by atoms with Crippen LogP contribution in [-0.2, 0) is 6.42 Å². The Morgan fingerprint density at radius 1 is 0.885 bits per heavy atom. The maximum atomic E-state index is 12.4. The normalized spacial score (nSPS) is 18.3. The first-order valence-electron chi connectivity index (χ1n) is 8.88.